The van der Waals surface area contributed by atoms with Crippen LogP contribution in [0.2, 0.25) is 0 Å². The fourth-order valence-corrected chi connectivity index (χ4v) is 2.82. The summed E-state index contributed by atoms with van der Waals surface area (Å²) >= 11 is 5.27. The summed E-state index contributed by atoms with van der Waals surface area (Å²) in [7, 11) is 0. The van der Waals surface area contributed by atoms with Crippen LogP contribution in [-0.2, 0) is 6.18 Å². The van der Waals surface area contributed by atoms with Gasteiger partial charge in [-0.25, -0.2) is 0 Å². The largest absolute Gasteiger partial charge is 0.490 e. The Hall–Kier alpha value is -2.48. The molecular weight excluding hydrogens is 389 g/mol. The monoisotopic (exact) mass is 412 g/mol. The average molecular weight is 412 g/mol. The van der Waals surface area contributed by atoms with Gasteiger partial charge < -0.3 is 20.1 Å². The first-order chi connectivity index (χ1) is 13.2. The van der Waals surface area contributed by atoms with Gasteiger partial charge in [0.05, 0.1) is 24.8 Å². The normalized spacial score (nSPS) is 12.2. The lowest BCUT2D eigenvalue weighted by molar-refractivity contribution is -0.137. The Kier molecular flexibility index (Phi) is 7.51. The minimum Gasteiger partial charge on any atom is -0.490 e. The molecule has 2 aromatic carbocycles. The molecule has 0 bridgehead atoms. The van der Waals surface area contributed by atoms with Gasteiger partial charge in [0.15, 0.2) is 16.6 Å². The lowest BCUT2D eigenvalue weighted by Crippen LogP contribution is -2.30. The highest BCUT2D eigenvalue weighted by Crippen LogP contribution is 2.31. The number of hydrogen-bond acceptors (Lipinski definition) is 3. The van der Waals surface area contributed by atoms with Crippen LogP contribution in [0.4, 0.5) is 18.9 Å². The van der Waals surface area contributed by atoms with E-state index in [-0.39, 0.29) is 6.04 Å². The van der Waals surface area contributed by atoms with Crippen LogP contribution in [0.1, 0.15) is 37.9 Å². The maximum Gasteiger partial charge on any atom is 0.416 e. The van der Waals surface area contributed by atoms with Gasteiger partial charge in [0.1, 0.15) is 0 Å². The van der Waals surface area contributed by atoms with Crippen molar-refractivity contribution in [2.45, 2.75) is 33.0 Å². The summed E-state index contributed by atoms with van der Waals surface area (Å²) in [5.41, 5.74) is 0.700. The van der Waals surface area contributed by atoms with Gasteiger partial charge in [-0.1, -0.05) is 6.07 Å². The predicted octanol–water partition coefficient (Wildman–Crippen LogP) is 5.55. The average Bonchev–Trinajstić information content (AvgIpc) is 2.63. The summed E-state index contributed by atoms with van der Waals surface area (Å²) < 4.78 is 49.1. The molecule has 28 heavy (non-hydrogen) atoms. The van der Waals surface area contributed by atoms with Crippen molar-refractivity contribution in [3.63, 3.8) is 0 Å². The first-order valence-corrected chi connectivity index (χ1v) is 9.29. The zero-order chi connectivity index (χ0) is 20.7. The van der Waals surface area contributed by atoms with Crippen molar-refractivity contribution < 1.29 is 22.6 Å². The smallest absolute Gasteiger partial charge is 0.416 e. The number of benzene rings is 2. The SMILES string of the molecule is CCOc1ccc(C(C)NC(=S)Nc2ccc(C(F)(F)F)cc2)cc1OCC. The highest BCUT2D eigenvalue weighted by molar-refractivity contribution is 7.80. The zero-order valence-corrected chi connectivity index (χ0v) is 16.7. The molecule has 0 fully saturated rings. The number of hydrogen-bond donors (Lipinski definition) is 2. The minimum absolute atomic E-state index is 0.149. The molecule has 0 saturated carbocycles. The Labute approximate surface area is 168 Å². The fourth-order valence-electron chi connectivity index (χ4n) is 2.53. The maximum atomic E-state index is 12.6. The van der Waals surface area contributed by atoms with E-state index in [1.165, 1.54) is 12.1 Å². The Morgan fingerprint density at radius 3 is 2.18 bits per heavy atom. The number of anilines is 1. The number of thiocarbonyl (C=S) groups is 1. The molecule has 0 aliphatic carbocycles. The molecule has 0 aliphatic rings. The zero-order valence-electron chi connectivity index (χ0n) is 15.9. The quantitative estimate of drug-likeness (QED) is 0.584. The van der Waals surface area contributed by atoms with Gasteiger partial charge in [-0.3, -0.25) is 0 Å². The Morgan fingerprint density at radius 2 is 1.61 bits per heavy atom. The molecule has 152 valence electrons. The Balaban J connectivity index is 2.02. The molecule has 2 rings (SSSR count). The first kappa shape index (κ1) is 21.8. The van der Waals surface area contributed by atoms with E-state index in [0.29, 0.717) is 35.5 Å². The van der Waals surface area contributed by atoms with Crippen LogP contribution >= 0.6 is 12.2 Å². The van der Waals surface area contributed by atoms with Crippen molar-refractivity contribution in [1.29, 1.82) is 0 Å². The second kappa shape index (κ2) is 9.64. The van der Waals surface area contributed by atoms with Crippen LogP contribution < -0.4 is 20.1 Å². The maximum absolute atomic E-state index is 12.6. The lowest BCUT2D eigenvalue weighted by Gasteiger charge is -2.19. The molecule has 0 aliphatic heterocycles. The van der Waals surface area contributed by atoms with E-state index in [9.17, 15) is 13.2 Å². The molecule has 0 spiro atoms. The van der Waals surface area contributed by atoms with E-state index in [1.54, 1.807) is 0 Å². The topological polar surface area (TPSA) is 42.5 Å². The number of halogens is 3. The van der Waals surface area contributed by atoms with E-state index in [2.05, 4.69) is 10.6 Å². The van der Waals surface area contributed by atoms with Crippen molar-refractivity contribution >= 4 is 23.0 Å². The molecule has 1 atom stereocenters. The molecule has 8 heteroatoms. The number of rotatable bonds is 7. The van der Waals surface area contributed by atoms with Gasteiger partial charge in [-0.05, 0) is 75.0 Å². The van der Waals surface area contributed by atoms with Gasteiger partial charge >= 0.3 is 6.18 Å². The first-order valence-electron chi connectivity index (χ1n) is 8.88. The van der Waals surface area contributed by atoms with E-state index in [4.69, 9.17) is 21.7 Å². The second-order valence-corrected chi connectivity index (χ2v) is 6.38. The number of nitrogens with one attached hydrogen (secondary N) is 2. The van der Waals surface area contributed by atoms with Gasteiger partial charge in [-0.15, -0.1) is 0 Å². The van der Waals surface area contributed by atoms with Gasteiger partial charge in [0.2, 0.25) is 0 Å². The van der Waals surface area contributed by atoms with Crippen LogP contribution in [-0.4, -0.2) is 18.3 Å². The molecule has 0 heterocycles. The van der Waals surface area contributed by atoms with E-state index < -0.39 is 11.7 Å². The summed E-state index contributed by atoms with van der Waals surface area (Å²) in [5, 5.41) is 6.31. The third-order valence-electron chi connectivity index (χ3n) is 3.89. The lowest BCUT2D eigenvalue weighted by atomic mass is 10.1. The van der Waals surface area contributed by atoms with Crippen LogP contribution in [0.3, 0.4) is 0 Å². The van der Waals surface area contributed by atoms with Crippen molar-refractivity contribution in [3.8, 4) is 11.5 Å². The highest BCUT2D eigenvalue weighted by atomic mass is 32.1. The van der Waals surface area contributed by atoms with Crippen LogP contribution in [0.25, 0.3) is 0 Å². The molecule has 0 aromatic heterocycles. The van der Waals surface area contributed by atoms with E-state index in [1.807, 2.05) is 39.0 Å². The van der Waals surface area contributed by atoms with E-state index in [0.717, 1.165) is 17.7 Å². The second-order valence-electron chi connectivity index (χ2n) is 5.97. The summed E-state index contributed by atoms with van der Waals surface area (Å²) in [4.78, 5) is 0. The highest BCUT2D eigenvalue weighted by Gasteiger charge is 2.29. The molecule has 0 amide bonds. The standard InChI is InChI=1S/C20H23F3N2O2S/c1-4-26-17-11-6-14(12-18(17)27-5-2)13(3)24-19(28)25-16-9-7-15(8-10-16)20(21,22)23/h6-13H,4-5H2,1-3H3,(H2,24,25,28). The minimum atomic E-state index is -4.36. The predicted molar refractivity (Wildman–Crippen MR) is 108 cm³/mol. The van der Waals surface area contributed by atoms with Gasteiger partial charge in [0, 0.05) is 5.69 Å². The molecule has 0 radical (unpaired) electrons. The van der Waals surface area contributed by atoms with Crippen molar-refractivity contribution in [2.24, 2.45) is 0 Å². The Bertz CT molecular complexity index is 795. The Morgan fingerprint density at radius 1 is 1.00 bits per heavy atom. The third kappa shape index (κ3) is 6.02. The molecular formula is C20H23F3N2O2S. The summed E-state index contributed by atoms with van der Waals surface area (Å²) in [6.45, 7) is 6.77. The fraction of sp³-hybridized carbons (Fsp3) is 0.350. The molecule has 0 saturated heterocycles. The van der Waals surface area contributed by atoms with Crippen LogP contribution in [0.5, 0.6) is 11.5 Å². The van der Waals surface area contributed by atoms with Crippen LogP contribution in [0, 0.1) is 0 Å². The molecule has 2 N–H and O–H groups in total. The summed E-state index contributed by atoms with van der Waals surface area (Å²) in [5.74, 6) is 1.32. The van der Waals surface area contributed by atoms with Crippen molar-refractivity contribution in [3.05, 3.63) is 53.6 Å². The van der Waals surface area contributed by atoms with Crippen LogP contribution in [0.15, 0.2) is 42.5 Å². The van der Waals surface area contributed by atoms with Gasteiger partial charge in [0.25, 0.3) is 0 Å². The third-order valence-corrected chi connectivity index (χ3v) is 4.11. The summed E-state index contributed by atoms with van der Waals surface area (Å²) in [6.07, 6.45) is -4.36. The van der Waals surface area contributed by atoms with Gasteiger partial charge in [-0.2, -0.15) is 13.2 Å². The molecule has 2 aromatic rings. The summed E-state index contributed by atoms with van der Waals surface area (Å²) in [6, 6.07) is 10.2. The number of ether oxygens (including phenoxy) is 2. The van der Waals surface area contributed by atoms with E-state index >= 15 is 0 Å². The van der Waals surface area contributed by atoms with Crippen molar-refractivity contribution in [2.75, 3.05) is 18.5 Å². The van der Waals surface area contributed by atoms with Crippen molar-refractivity contribution in [1.82, 2.24) is 5.32 Å². The number of alkyl halides is 3. The molecule has 1 unspecified atom stereocenters. The molecule has 4 nitrogen and oxygen atoms in total.